The minimum absolute atomic E-state index is 0.443. The zero-order valence-electron chi connectivity index (χ0n) is 11.2. The standard InChI is InChI=1S/C14H20N2O2S/c1-17-9-10-18-8-7-15-14-16-11-13(19-14)12-5-3-2-4-6-12/h2-6,13H,7-11H2,1H3,(H,15,16). The molecule has 5 heteroatoms. The molecule has 2 rings (SSSR count). The molecular formula is C14H20N2O2S. The van der Waals surface area contributed by atoms with E-state index in [9.17, 15) is 0 Å². The maximum atomic E-state index is 5.39. The van der Waals surface area contributed by atoms with Gasteiger partial charge in [-0.15, -0.1) is 0 Å². The van der Waals surface area contributed by atoms with Crippen LogP contribution in [0.15, 0.2) is 35.3 Å². The molecule has 1 aliphatic heterocycles. The second-order valence-electron chi connectivity index (χ2n) is 4.19. The lowest BCUT2D eigenvalue weighted by Crippen LogP contribution is -2.24. The van der Waals surface area contributed by atoms with Gasteiger partial charge in [0.05, 0.1) is 31.6 Å². The van der Waals surface area contributed by atoms with E-state index in [1.54, 1.807) is 18.9 Å². The van der Waals surface area contributed by atoms with Crippen LogP contribution in [0, 0.1) is 0 Å². The molecule has 0 spiro atoms. The summed E-state index contributed by atoms with van der Waals surface area (Å²) in [6.45, 7) is 3.60. The highest BCUT2D eigenvalue weighted by atomic mass is 32.2. The number of rotatable bonds is 7. The van der Waals surface area contributed by atoms with Crippen molar-refractivity contribution in [3.63, 3.8) is 0 Å². The number of nitrogens with zero attached hydrogens (tertiary/aromatic N) is 1. The molecule has 0 aromatic heterocycles. The fourth-order valence-corrected chi connectivity index (χ4v) is 2.83. The highest BCUT2D eigenvalue weighted by molar-refractivity contribution is 8.14. The number of hydrogen-bond donors (Lipinski definition) is 1. The van der Waals surface area contributed by atoms with Crippen LogP contribution in [0.5, 0.6) is 0 Å². The van der Waals surface area contributed by atoms with Crippen molar-refractivity contribution in [2.45, 2.75) is 5.25 Å². The molecule has 4 nitrogen and oxygen atoms in total. The van der Waals surface area contributed by atoms with E-state index in [1.165, 1.54) is 5.56 Å². The normalized spacial score (nSPS) is 18.4. The van der Waals surface area contributed by atoms with Crippen molar-refractivity contribution in [2.75, 3.05) is 40.0 Å². The van der Waals surface area contributed by atoms with Crippen LogP contribution in [0.25, 0.3) is 0 Å². The van der Waals surface area contributed by atoms with Gasteiger partial charge >= 0.3 is 0 Å². The lowest BCUT2D eigenvalue weighted by Gasteiger charge is -2.09. The van der Waals surface area contributed by atoms with Crippen molar-refractivity contribution in [1.29, 1.82) is 0 Å². The molecule has 0 saturated carbocycles. The minimum Gasteiger partial charge on any atom is -0.382 e. The largest absolute Gasteiger partial charge is 0.382 e. The molecule has 1 aromatic rings. The Morgan fingerprint density at radius 1 is 1.26 bits per heavy atom. The van der Waals surface area contributed by atoms with Crippen molar-refractivity contribution in [3.05, 3.63) is 35.9 Å². The van der Waals surface area contributed by atoms with Crippen LogP contribution in [0.3, 0.4) is 0 Å². The molecule has 1 heterocycles. The van der Waals surface area contributed by atoms with Crippen LogP contribution in [0.4, 0.5) is 0 Å². The first-order valence-electron chi connectivity index (χ1n) is 6.47. The zero-order valence-corrected chi connectivity index (χ0v) is 12.0. The van der Waals surface area contributed by atoms with Crippen molar-refractivity contribution in [1.82, 2.24) is 5.32 Å². The maximum absolute atomic E-state index is 5.39. The number of benzene rings is 1. The SMILES string of the molecule is COCCOCCNC1=NCC(c2ccccc2)S1. The Hall–Kier alpha value is -1.04. The molecule has 104 valence electrons. The Labute approximate surface area is 118 Å². The van der Waals surface area contributed by atoms with E-state index in [0.717, 1.165) is 18.3 Å². The Kier molecular flexibility index (Phi) is 6.20. The van der Waals surface area contributed by atoms with E-state index in [4.69, 9.17) is 9.47 Å². The Bertz CT molecular complexity index is 398. The van der Waals surface area contributed by atoms with Gasteiger partial charge in [-0.2, -0.15) is 0 Å². The highest BCUT2D eigenvalue weighted by Gasteiger charge is 2.20. The van der Waals surface area contributed by atoms with E-state index >= 15 is 0 Å². The fraction of sp³-hybridized carbons (Fsp3) is 0.500. The topological polar surface area (TPSA) is 42.9 Å². The molecular weight excluding hydrogens is 260 g/mol. The number of nitrogens with one attached hydrogen (secondary N) is 1. The molecule has 0 aliphatic carbocycles. The maximum Gasteiger partial charge on any atom is 0.157 e. The van der Waals surface area contributed by atoms with Gasteiger partial charge in [0.25, 0.3) is 0 Å². The van der Waals surface area contributed by atoms with Crippen molar-refractivity contribution >= 4 is 16.9 Å². The summed E-state index contributed by atoms with van der Waals surface area (Å²) in [4.78, 5) is 4.52. The molecule has 1 N–H and O–H groups in total. The van der Waals surface area contributed by atoms with Crippen molar-refractivity contribution in [3.8, 4) is 0 Å². The van der Waals surface area contributed by atoms with E-state index < -0.39 is 0 Å². The van der Waals surface area contributed by atoms with Gasteiger partial charge in [0, 0.05) is 13.7 Å². The molecule has 1 aromatic carbocycles. The summed E-state index contributed by atoms with van der Waals surface area (Å²) in [7, 11) is 1.68. The third-order valence-electron chi connectivity index (χ3n) is 2.78. The summed E-state index contributed by atoms with van der Waals surface area (Å²) in [5, 5.41) is 4.77. The fourth-order valence-electron chi connectivity index (χ4n) is 1.79. The smallest absolute Gasteiger partial charge is 0.157 e. The van der Waals surface area contributed by atoms with Gasteiger partial charge in [0.1, 0.15) is 0 Å². The number of methoxy groups -OCH3 is 1. The van der Waals surface area contributed by atoms with Crippen LogP contribution in [-0.4, -0.2) is 45.2 Å². The Morgan fingerprint density at radius 2 is 2.11 bits per heavy atom. The summed E-state index contributed by atoms with van der Waals surface area (Å²) < 4.78 is 10.3. The second-order valence-corrected chi connectivity index (χ2v) is 5.39. The summed E-state index contributed by atoms with van der Waals surface area (Å²) >= 11 is 1.79. The van der Waals surface area contributed by atoms with Crippen molar-refractivity contribution in [2.24, 2.45) is 4.99 Å². The van der Waals surface area contributed by atoms with Gasteiger partial charge < -0.3 is 14.8 Å². The third-order valence-corrected chi connectivity index (χ3v) is 3.98. The van der Waals surface area contributed by atoms with Crippen LogP contribution in [0.1, 0.15) is 10.8 Å². The monoisotopic (exact) mass is 280 g/mol. The second kappa shape index (κ2) is 8.19. The van der Waals surface area contributed by atoms with Gasteiger partial charge in [0.15, 0.2) is 5.17 Å². The molecule has 1 aliphatic rings. The summed E-state index contributed by atoms with van der Waals surface area (Å²) in [6, 6.07) is 10.5. The molecule has 0 fully saturated rings. The highest BCUT2D eigenvalue weighted by Crippen LogP contribution is 2.33. The average molecular weight is 280 g/mol. The first-order chi connectivity index (χ1) is 9.40. The predicted molar refractivity (Wildman–Crippen MR) is 79.8 cm³/mol. The number of amidine groups is 1. The zero-order chi connectivity index (χ0) is 13.3. The molecule has 1 atom stereocenters. The molecule has 0 bridgehead atoms. The van der Waals surface area contributed by atoms with E-state index in [1.807, 2.05) is 6.07 Å². The summed E-state index contributed by atoms with van der Waals surface area (Å²) in [5.74, 6) is 0. The van der Waals surface area contributed by atoms with Gasteiger partial charge in [0.2, 0.25) is 0 Å². The van der Waals surface area contributed by atoms with Gasteiger partial charge in [-0.05, 0) is 5.56 Å². The van der Waals surface area contributed by atoms with Crippen LogP contribution >= 0.6 is 11.8 Å². The van der Waals surface area contributed by atoms with Crippen LogP contribution in [-0.2, 0) is 9.47 Å². The van der Waals surface area contributed by atoms with Crippen LogP contribution < -0.4 is 5.32 Å². The first kappa shape index (κ1) is 14.4. The number of aliphatic imine (C=N–C) groups is 1. The van der Waals surface area contributed by atoms with Crippen molar-refractivity contribution < 1.29 is 9.47 Å². The minimum atomic E-state index is 0.443. The lowest BCUT2D eigenvalue weighted by atomic mass is 10.1. The first-order valence-corrected chi connectivity index (χ1v) is 7.34. The molecule has 0 saturated heterocycles. The van der Waals surface area contributed by atoms with Gasteiger partial charge in [-0.1, -0.05) is 42.1 Å². The Morgan fingerprint density at radius 3 is 2.89 bits per heavy atom. The van der Waals surface area contributed by atoms with Gasteiger partial charge in [-0.25, -0.2) is 0 Å². The third kappa shape index (κ3) is 4.86. The summed E-state index contributed by atoms with van der Waals surface area (Å²) in [6.07, 6.45) is 0. The quantitative estimate of drug-likeness (QED) is 0.777. The van der Waals surface area contributed by atoms with E-state index in [2.05, 4.69) is 34.6 Å². The number of thioether (sulfide) groups is 1. The molecule has 1 unspecified atom stereocenters. The number of hydrogen-bond acceptors (Lipinski definition) is 5. The van der Waals surface area contributed by atoms with E-state index in [0.29, 0.717) is 25.1 Å². The van der Waals surface area contributed by atoms with E-state index in [-0.39, 0.29) is 0 Å². The molecule has 19 heavy (non-hydrogen) atoms. The molecule has 0 radical (unpaired) electrons. The van der Waals surface area contributed by atoms with Crippen LogP contribution in [0.2, 0.25) is 0 Å². The Balaban J connectivity index is 1.62. The number of ether oxygens (including phenoxy) is 2. The van der Waals surface area contributed by atoms with Gasteiger partial charge in [-0.3, -0.25) is 4.99 Å². The average Bonchev–Trinajstić information content (AvgIpc) is 2.92. The lowest BCUT2D eigenvalue weighted by molar-refractivity contribution is 0.0734. The molecule has 0 amide bonds. The summed E-state index contributed by atoms with van der Waals surface area (Å²) in [5.41, 5.74) is 1.34. The predicted octanol–water partition coefficient (Wildman–Crippen LogP) is 2.08.